The summed E-state index contributed by atoms with van der Waals surface area (Å²) >= 11 is 0. The predicted molar refractivity (Wildman–Crippen MR) is 145 cm³/mol. The third-order valence-electron chi connectivity index (χ3n) is 7.57. The SMILES string of the molecule is CC(C)(C)c1ccc(N2CCN(C(=O)CO[C@H]3CC[C@H](Oc4ccc([N+](=O)[O-])c(C(F)(F)F)c4)CC3)CC2)cc1. The van der Waals surface area contributed by atoms with Gasteiger partial charge in [0, 0.05) is 37.9 Å². The van der Waals surface area contributed by atoms with Crippen LogP contribution in [0, 0.1) is 10.1 Å². The molecule has 0 N–H and O–H groups in total. The number of nitro benzene ring substituents is 1. The molecule has 4 rings (SSSR count). The van der Waals surface area contributed by atoms with Crippen LogP contribution < -0.4 is 9.64 Å². The molecule has 1 saturated heterocycles. The van der Waals surface area contributed by atoms with E-state index >= 15 is 0 Å². The first kappa shape index (κ1) is 29.6. The molecule has 2 aromatic carbocycles. The van der Waals surface area contributed by atoms with Gasteiger partial charge in [-0.05, 0) is 60.9 Å². The van der Waals surface area contributed by atoms with Crippen molar-refractivity contribution in [2.45, 2.75) is 70.3 Å². The van der Waals surface area contributed by atoms with Crippen molar-refractivity contribution >= 4 is 17.3 Å². The average molecular weight is 564 g/mol. The van der Waals surface area contributed by atoms with E-state index in [1.165, 1.54) is 11.6 Å². The average Bonchev–Trinajstić information content (AvgIpc) is 2.91. The molecule has 218 valence electrons. The van der Waals surface area contributed by atoms with E-state index in [2.05, 4.69) is 49.9 Å². The van der Waals surface area contributed by atoms with E-state index < -0.39 is 22.4 Å². The molecule has 8 nitrogen and oxygen atoms in total. The maximum atomic E-state index is 13.2. The van der Waals surface area contributed by atoms with Gasteiger partial charge >= 0.3 is 6.18 Å². The fraction of sp³-hybridized carbons (Fsp3) is 0.552. The van der Waals surface area contributed by atoms with E-state index in [0.29, 0.717) is 44.8 Å². The van der Waals surface area contributed by atoms with Gasteiger partial charge in [-0.2, -0.15) is 13.2 Å². The molecule has 0 atom stereocenters. The number of carbonyl (C=O) groups excluding carboxylic acids is 1. The van der Waals surface area contributed by atoms with Crippen LogP contribution in [-0.2, 0) is 21.1 Å². The van der Waals surface area contributed by atoms with E-state index in [4.69, 9.17) is 9.47 Å². The number of hydrogen-bond acceptors (Lipinski definition) is 6. The molecule has 0 radical (unpaired) electrons. The minimum atomic E-state index is -4.86. The van der Waals surface area contributed by atoms with Gasteiger partial charge in [0.25, 0.3) is 5.69 Å². The summed E-state index contributed by atoms with van der Waals surface area (Å²) in [4.78, 5) is 26.7. The highest BCUT2D eigenvalue weighted by Gasteiger charge is 2.39. The summed E-state index contributed by atoms with van der Waals surface area (Å²) in [5.74, 6) is -0.103. The van der Waals surface area contributed by atoms with Crippen molar-refractivity contribution in [3.63, 3.8) is 0 Å². The monoisotopic (exact) mass is 563 g/mol. The molecule has 1 heterocycles. The number of nitro groups is 1. The Hall–Kier alpha value is -3.34. The van der Waals surface area contributed by atoms with Crippen molar-refractivity contribution in [1.82, 2.24) is 4.90 Å². The molecule has 2 aromatic rings. The Bertz CT molecular complexity index is 1180. The minimum absolute atomic E-state index is 0.00619. The molecule has 0 spiro atoms. The lowest BCUT2D eigenvalue weighted by atomic mass is 9.87. The topological polar surface area (TPSA) is 85.2 Å². The molecular formula is C29H36F3N3O5. The van der Waals surface area contributed by atoms with Crippen molar-refractivity contribution in [2.75, 3.05) is 37.7 Å². The summed E-state index contributed by atoms with van der Waals surface area (Å²) < 4.78 is 51.3. The Morgan fingerprint density at radius 1 is 0.950 bits per heavy atom. The Morgan fingerprint density at radius 2 is 1.55 bits per heavy atom. The zero-order valence-electron chi connectivity index (χ0n) is 23.1. The third kappa shape index (κ3) is 7.44. The molecule has 2 fully saturated rings. The van der Waals surface area contributed by atoms with Gasteiger partial charge < -0.3 is 19.3 Å². The summed E-state index contributed by atoms with van der Waals surface area (Å²) in [7, 11) is 0. The van der Waals surface area contributed by atoms with Crippen LogP contribution in [0.5, 0.6) is 5.75 Å². The molecule has 0 unspecified atom stereocenters. The number of hydrogen-bond donors (Lipinski definition) is 0. The van der Waals surface area contributed by atoms with Gasteiger partial charge in [-0.3, -0.25) is 14.9 Å². The number of piperazine rings is 1. The maximum Gasteiger partial charge on any atom is 0.423 e. The Labute approximate surface area is 232 Å². The second kappa shape index (κ2) is 12.0. The molecule has 40 heavy (non-hydrogen) atoms. The van der Waals surface area contributed by atoms with Gasteiger partial charge in [0.15, 0.2) is 0 Å². The lowest BCUT2D eigenvalue weighted by molar-refractivity contribution is -0.388. The van der Waals surface area contributed by atoms with Crippen LogP contribution in [0.4, 0.5) is 24.5 Å². The lowest BCUT2D eigenvalue weighted by Crippen LogP contribution is -2.50. The van der Waals surface area contributed by atoms with E-state index in [1.807, 2.05) is 4.90 Å². The van der Waals surface area contributed by atoms with Crippen LogP contribution in [0.1, 0.15) is 57.6 Å². The van der Waals surface area contributed by atoms with Gasteiger partial charge in [0.2, 0.25) is 5.91 Å². The van der Waals surface area contributed by atoms with Crippen LogP contribution in [0.15, 0.2) is 42.5 Å². The summed E-state index contributed by atoms with van der Waals surface area (Å²) in [6, 6.07) is 11.3. The predicted octanol–water partition coefficient (Wildman–Crippen LogP) is 5.97. The van der Waals surface area contributed by atoms with Crippen LogP contribution in [0.3, 0.4) is 0 Å². The molecule has 11 heteroatoms. The number of halogens is 3. The van der Waals surface area contributed by atoms with Crippen molar-refractivity contribution in [3.05, 3.63) is 63.7 Å². The molecule has 0 aromatic heterocycles. The normalized spacial score (nSPS) is 20.4. The second-order valence-electron chi connectivity index (χ2n) is 11.4. The first-order chi connectivity index (χ1) is 18.8. The highest BCUT2D eigenvalue weighted by molar-refractivity contribution is 5.77. The number of carbonyl (C=O) groups is 1. The first-order valence-corrected chi connectivity index (χ1v) is 13.6. The minimum Gasteiger partial charge on any atom is -0.490 e. The van der Waals surface area contributed by atoms with Crippen molar-refractivity contribution < 1.29 is 32.4 Å². The largest absolute Gasteiger partial charge is 0.490 e. The standard InChI is InChI=1S/C29H36F3N3O5/c1-28(2,3)20-4-6-21(7-5-20)33-14-16-34(17-15-33)27(36)19-39-22-8-10-23(11-9-22)40-24-12-13-26(35(37)38)25(18-24)29(30,31)32/h4-7,12-13,18,22-23H,8-11,14-17,19H2,1-3H3/t22-,23-. The van der Waals surface area contributed by atoms with Crippen LogP contribution in [-0.4, -0.2) is 60.7 Å². The number of rotatable bonds is 7. The highest BCUT2D eigenvalue weighted by Crippen LogP contribution is 2.39. The van der Waals surface area contributed by atoms with E-state index in [-0.39, 0.29) is 35.9 Å². The van der Waals surface area contributed by atoms with Gasteiger partial charge in [-0.15, -0.1) is 0 Å². The Morgan fingerprint density at radius 3 is 2.10 bits per heavy atom. The smallest absolute Gasteiger partial charge is 0.423 e. The zero-order chi connectivity index (χ0) is 29.1. The number of nitrogens with zero attached hydrogens (tertiary/aromatic N) is 3. The molecule has 1 aliphatic carbocycles. The maximum absolute atomic E-state index is 13.2. The zero-order valence-corrected chi connectivity index (χ0v) is 23.1. The van der Waals surface area contributed by atoms with Gasteiger partial charge in [-0.25, -0.2) is 0 Å². The van der Waals surface area contributed by atoms with Gasteiger partial charge in [0.1, 0.15) is 17.9 Å². The highest BCUT2D eigenvalue weighted by atomic mass is 19.4. The summed E-state index contributed by atoms with van der Waals surface area (Å²) in [6.07, 6.45) is -3.01. The van der Waals surface area contributed by atoms with Crippen molar-refractivity contribution in [2.24, 2.45) is 0 Å². The number of amides is 1. The summed E-state index contributed by atoms with van der Waals surface area (Å²) in [5.41, 5.74) is 0.204. The van der Waals surface area contributed by atoms with E-state index in [1.54, 1.807) is 0 Å². The fourth-order valence-electron chi connectivity index (χ4n) is 5.15. The molecular weight excluding hydrogens is 527 g/mol. The number of ether oxygens (including phenoxy) is 2. The second-order valence-corrected chi connectivity index (χ2v) is 11.4. The molecule has 1 saturated carbocycles. The molecule has 0 bridgehead atoms. The molecule has 1 amide bonds. The summed E-state index contributed by atoms with van der Waals surface area (Å²) in [6.45, 7) is 9.30. The molecule has 1 aliphatic heterocycles. The molecule has 2 aliphatic rings. The van der Waals surface area contributed by atoms with Gasteiger partial charge in [0.05, 0.1) is 17.1 Å². The van der Waals surface area contributed by atoms with E-state index in [9.17, 15) is 28.1 Å². The van der Waals surface area contributed by atoms with Crippen LogP contribution in [0.25, 0.3) is 0 Å². The number of alkyl halides is 3. The van der Waals surface area contributed by atoms with Crippen LogP contribution in [0.2, 0.25) is 0 Å². The lowest BCUT2D eigenvalue weighted by Gasteiger charge is -2.36. The quantitative estimate of drug-likeness (QED) is 0.305. The first-order valence-electron chi connectivity index (χ1n) is 13.6. The van der Waals surface area contributed by atoms with E-state index in [0.717, 1.165) is 24.8 Å². The Balaban J connectivity index is 1.19. The summed E-state index contributed by atoms with van der Waals surface area (Å²) in [5, 5.41) is 10.9. The third-order valence-corrected chi connectivity index (χ3v) is 7.57. The van der Waals surface area contributed by atoms with Crippen molar-refractivity contribution in [1.29, 1.82) is 0 Å². The fourth-order valence-corrected chi connectivity index (χ4v) is 5.15. The van der Waals surface area contributed by atoms with Gasteiger partial charge in [-0.1, -0.05) is 32.9 Å². The number of anilines is 1. The van der Waals surface area contributed by atoms with Crippen molar-refractivity contribution in [3.8, 4) is 5.75 Å². The Kier molecular flexibility index (Phi) is 8.92. The van der Waals surface area contributed by atoms with Crippen LogP contribution >= 0.6 is 0 Å². The number of benzene rings is 2.